The number of hydrogen-bond acceptors (Lipinski definition) is 6. The van der Waals surface area contributed by atoms with Crippen molar-refractivity contribution in [1.29, 1.82) is 0 Å². The lowest BCUT2D eigenvalue weighted by molar-refractivity contribution is -0.135. The van der Waals surface area contributed by atoms with Crippen molar-refractivity contribution in [2.45, 2.75) is 18.8 Å². The van der Waals surface area contributed by atoms with E-state index < -0.39 is 6.10 Å². The SMILES string of the molecule is COc1ccc(COCC(=O)N2C[C@@H](O)[C@H](n3ccnn3)C2)cc1. The van der Waals surface area contributed by atoms with Crippen molar-refractivity contribution in [2.75, 3.05) is 26.8 Å². The highest BCUT2D eigenvalue weighted by atomic mass is 16.5. The molecule has 1 aliphatic rings. The molecule has 1 N–H and O–H groups in total. The van der Waals surface area contributed by atoms with Crippen LogP contribution < -0.4 is 4.74 Å². The normalized spacial score (nSPS) is 20.3. The van der Waals surface area contributed by atoms with Crippen molar-refractivity contribution in [3.63, 3.8) is 0 Å². The lowest BCUT2D eigenvalue weighted by atomic mass is 10.2. The van der Waals surface area contributed by atoms with Gasteiger partial charge in [-0.15, -0.1) is 5.10 Å². The van der Waals surface area contributed by atoms with Crippen LogP contribution in [0.25, 0.3) is 0 Å². The molecule has 0 aliphatic carbocycles. The number of hydrogen-bond donors (Lipinski definition) is 1. The van der Waals surface area contributed by atoms with Crippen LogP contribution in [0, 0.1) is 0 Å². The second-order valence-corrected chi connectivity index (χ2v) is 5.66. The first-order valence-corrected chi connectivity index (χ1v) is 7.69. The molecule has 0 bridgehead atoms. The number of amides is 1. The van der Waals surface area contributed by atoms with E-state index in [0.717, 1.165) is 11.3 Å². The molecular formula is C16H20N4O4. The van der Waals surface area contributed by atoms with E-state index in [9.17, 15) is 9.90 Å². The van der Waals surface area contributed by atoms with Crippen molar-refractivity contribution in [1.82, 2.24) is 19.9 Å². The molecule has 1 aliphatic heterocycles. The number of likely N-dealkylation sites (tertiary alicyclic amines) is 1. The Morgan fingerprint density at radius 1 is 1.33 bits per heavy atom. The summed E-state index contributed by atoms with van der Waals surface area (Å²) in [6.07, 6.45) is 2.58. The Kier molecular flexibility index (Phi) is 5.07. The van der Waals surface area contributed by atoms with Crippen molar-refractivity contribution in [2.24, 2.45) is 0 Å². The van der Waals surface area contributed by atoms with Gasteiger partial charge in [-0.2, -0.15) is 0 Å². The van der Waals surface area contributed by atoms with Crippen LogP contribution in [0.4, 0.5) is 0 Å². The van der Waals surface area contributed by atoms with E-state index in [1.165, 1.54) is 0 Å². The van der Waals surface area contributed by atoms with Crippen LogP contribution in [0.15, 0.2) is 36.7 Å². The van der Waals surface area contributed by atoms with Crippen LogP contribution in [0.5, 0.6) is 5.75 Å². The van der Waals surface area contributed by atoms with Gasteiger partial charge >= 0.3 is 0 Å². The molecule has 2 heterocycles. The maximum absolute atomic E-state index is 12.2. The van der Waals surface area contributed by atoms with Crippen LogP contribution in [0.2, 0.25) is 0 Å². The summed E-state index contributed by atoms with van der Waals surface area (Å²) in [4.78, 5) is 13.8. The number of nitrogens with zero attached hydrogens (tertiary/aromatic N) is 4. The van der Waals surface area contributed by atoms with Gasteiger partial charge in [0.15, 0.2) is 0 Å². The summed E-state index contributed by atoms with van der Waals surface area (Å²) in [5, 5.41) is 17.7. The fourth-order valence-corrected chi connectivity index (χ4v) is 2.70. The molecular weight excluding hydrogens is 312 g/mol. The largest absolute Gasteiger partial charge is 0.497 e. The van der Waals surface area contributed by atoms with Crippen LogP contribution >= 0.6 is 0 Å². The van der Waals surface area contributed by atoms with Crippen molar-refractivity contribution in [3.8, 4) is 5.75 Å². The molecule has 2 atom stereocenters. The second-order valence-electron chi connectivity index (χ2n) is 5.66. The second kappa shape index (κ2) is 7.41. The highest BCUT2D eigenvalue weighted by Gasteiger charge is 2.35. The highest BCUT2D eigenvalue weighted by molar-refractivity contribution is 5.77. The van der Waals surface area contributed by atoms with Crippen LogP contribution in [-0.4, -0.2) is 63.8 Å². The third-order valence-electron chi connectivity index (χ3n) is 4.05. The summed E-state index contributed by atoms with van der Waals surface area (Å²) >= 11 is 0. The minimum Gasteiger partial charge on any atom is -0.497 e. The number of benzene rings is 1. The zero-order chi connectivity index (χ0) is 16.9. The maximum atomic E-state index is 12.2. The third kappa shape index (κ3) is 3.72. The standard InChI is InChI=1S/C16H20N4O4/c1-23-13-4-2-12(3-5-13)10-24-11-16(22)19-8-14(15(21)9-19)20-7-6-17-18-20/h2-7,14-15,21H,8-11H2,1H3/t14-,15-/m1/s1. The molecule has 1 amide bonds. The number of β-amino-alcohol motifs (C(OH)–C–C–N with tert-alkyl or cyclic N) is 1. The molecule has 8 heteroatoms. The Bertz CT molecular complexity index is 659. The van der Waals surface area contributed by atoms with Gasteiger partial charge in [-0.05, 0) is 17.7 Å². The number of carbonyl (C=O) groups is 1. The van der Waals surface area contributed by atoms with Crippen LogP contribution in [-0.2, 0) is 16.1 Å². The Labute approximate surface area is 139 Å². The predicted octanol–water partition coefficient (Wildman–Crippen LogP) is 0.248. The van der Waals surface area contributed by atoms with Gasteiger partial charge in [0.2, 0.25) is 5.91 Å². The van der Waals surface area contributed by atoms with Gasteiger partial charge in [-0.3, -0.25) is 4.79 Å². The minimum atomic E-state index is -0.655. The number of ether oxygens (including phenoxy) is 2. The number of aliphatic hydroxyl groups excluding tert-OH is 1. The van der Waals surface area contributed by atoms with Crippen LogP contribution in [0.1, 0.15) is 11.6 Å². The smallest absolute Gasteiger partial charge is 0.248 e. The van der Waals surface area contributed by atoms with E-state index in [4.69, 9.17) is 9.47 Å². The molecule has 128 valence electrons. The first-order valence-electron chi connectivity index (χ1n) is 7.69. The summed E-state index contributed by atoms with van der Waals surface area (Å²) in [5.74, 6) is 0.630. The van der Waals surface area contributed by atoms with Gasteiger partial charge in [-0.1, -0.05) is 17.3 Å². The van der Waals surface area contributed by atoms with Gasteiger partial charge in [0.25, 0.3) is 0 Å². The van der Waals surface area contributed by atoms with Crippen LogP contribution in [0.3, 0.4) is 0 Å². The van der Waals surface area contributed by atoms with E-state index in [1.807, 2.05) is 24.3 Å². The summed E-state index contributed by atoms with van der Waals surface area (Å²) in [7, 11) is 1.61. The molecule has 1 fully saturated rings. The van der Waals surface area contributed by atoms with E-state index in [-0.39, 0.29) is 25.1 Å². The van der Waals surface area contributed by atoms with Crippen molar-refractivity contribution < 1.29 is 19.4 Å². The number of carbonyl (C=O) groups excluding carboxylic acids is 1. The monoisotopic (exact) mass is 332 g/mol. The summed E-state index contributed by atoms with van der Waals surface area (Å²) in [6.45, 7) is 0.992. The molecule has 3 rings (SSSR count). The molecule has 8 nitrogen and oxygen atoms in total. The van der Waals surface area contributed by atoms with Crippen molar-refractivity contribution in [3.05, 3.63) is 42.2 Å². The first kappa shape index (κ1) is 16.4. The van der Waals surface area contributed by atoms with Gasteiger partial charge in [-0.25, -0.2) is 4.68 Å². The van der Waals surface area contributed by atoms with Gasteiger partial charge in [0, 0.05) is 19.3 Å². The maximum Gasteiger partial charge on any atom is 0.248 e. The Hall–Kier alpha value is -2.45. The first-order chi connectivity index (χ1) is 11.7. The molecule has 0 unspecified atom stereocenters. The summed E-state index contributed by atoms with van der Waals surface area (Å²) in [6, 6.07) is 7.21. The highest BCUT2D eigenvalue weighted by Crippen LogP contribution is 2.21. The fraction of sp³-hybridized carbons (Fsp3) is 0.438. The molecule has 0 radical (unpaired) electrons. The van der Waals surface area contributed by atoms with E-state index >= 15 is 0 Å². The lowest BCUT2D eigenvalue weighted by Crippen LogP contribution is -2.32. The van der Waals surface area contributed by atoms with Gasteiger partial charge in [0.1, 0.15) is 12.4 Å². The third-order valence-corrected chi connectivity index (χ3v) is 4.05. The summed E-state index contributed by atoms with van der Waals surface area (Å²) < 4.78 is 12.2. The zero-order valence-electron chi connectivity index (χ0n) is 13.4. The Morgan fingerprint density at radius 2 is 2.12 bits per heavy atom. The molecule has 0 saturated carbocycles. The average molecular weight is 332 g/mol. The van der Waals surface area contributed by atoms with Crippen molar-refractivity contribution >= 4 is 5.91 Å². The average Bonchev–Trinajstić information content (AvgIpc) is 3.24. The molecule has 1 aromatic heterocycles. The number of methoxy groups -OCH3 is 1. The molecule has 2 aromatic rings. The lowest BCUT2D eigenvalue weighted by Gasteiger charge is -2.16. The molecule has 1 saturated heterocycles. The van der Waals surface area contributed by atoms with Gasteiger partial charge in [0.05, 0.1) is 32.1 Å². The number of rotatable bonds is 6. The summed E-state index contributed by atoms with van der Waals surface area (Å²) in [5.41, 5.74) is 0.963. The zero-order valence-corrected chi connectivity index (χ0v) is 13.4. The number of aromatic nitrogens is 3. The quantitative estimate of drug-likeness (QED) is 0.815. The Morgan fingerprint density at radius 3 is 2.79 bits per heavy atom. The fourth-order valence-electron chi connectivity index (χ4n) is 2.70. The molecule has 1 aromatic carbocycles. The van der Waals surface area contributed by atoms with E-state index in [0.29, 0.717) is 13.2 Å². The van der Waals surface area contributed by atoms with E-state index in [1.54, 1.807) is 29.1 Å². The minimum absolute atomic E-state index is 0.0250. The topological polar surface area (TPSA) is 89.7 Å². The Balaban J connectivity index is 1.47. The molecule has 24 heavy (non-hydrogen) atoms. The van der Waals surface area contributed by atoms with Gasteiger partial charge < -0.3 is 19.5 Å². The molecule has 0 spiro atoms. The predicted molar refractivity (Wildman–Crippen MR) is 84.3 cm³/mol. The number of aliphatic hydroxyl groups is 1. The van der Waals surface area contributed by atoms with E-state index in [2.05, 4.69) is 10.3 Å².